The van der Waals surface area contributed by atoms with Crippen LogP contribution in [0.1, 0.15) is 20.3 Å². The van der Waals surface area contributed by atoms with Crippen molar-refractivity contribution in [2.24, 2.45) is 5.92 Å². The Balaban J connectivity index is 1.57. The molecule has 1 aromatic carbocycles. The van der Waals surface area contributed by atoms with Crippen molar-refractivity contribution in [3.63, 3.8) is 0 Å². The van der Waals surface area contributed by atoms with E-state index in [-0.39, 0.29) is 25.1 Å². The molecular formula is C20H28FN3O7S. The molecule has 10 nitrogen and oxygen atoms in total. The fourth-order valence-electron chi connectivity index (χ4n) is 3.49. The van der Waals surface area contributed by atoms with E-state index < -0.39 is 34.2 Å². The summed E-state index contributed by atoms with van der Waals surface area (Å²) in [5.74, 6) is -0.280. The molecule has 2 fully saturated rings. The summed E-state index contributed by atoms with van der Waals surface area (Å²) < 4.78 is 52.0. The van der Waals surface area contributed by atoms with Crippen LogP contribution in [-0.4, -0.2) is 71.9 Å². The van der Waals surface area contributed by atoms with Crippen molar-refractivity contribution < 1.29 is 36.1 Å². The number of halogens is 1. The third-order valence-corrected chi connectivity index (χ3v) is 5.55. The van der Waals surface area contributed by atoms with Gasteiger partial charge in [-0.2, -0.15) is 8.42 Å². The van der Waals surface area contributed by atoms with E-state index in [0.717, 1.165) is 6.26 Å². The second-order valence-corrected chi connectivity index (χ2v) is 9.95. The van der Waals surface area contributed by atoms with Gasteiger partial charge in [0.1, 0.15) is 18.5 Å². The third kappa shape index (κ3) is 6.45. The normalized spacial score (nSPS) is 21.2. The Labute approximate surface area is 186 Å². The molecule has 0 unspecified atom stereocenters. The number of ether oxygens (including phenoxy) is 2. The molecule has 12 heteroatoms. The lowest BCUT2D eigenvalue weighted by Gasteiger charge is -2.21. The van der Waals surface area contributed by atoms with Gasteiger partial charge in [0.25, 0.3) is 10.1 Å². The summed E-state index contributed by atoms with van der Waals surface area (Å²) in [6, 6.07) is 4.24. The molecule has 1 N–H and O–H groups in total. The molecule has 2 saturated heterocycles. The van der Waals surface area contributed by atoms with Gasteiger partial charge in [-0.25, -0.2) is 14.0 Å². The van der Waals surface area contributed by atoms with Crippen molar-refractivity contribution in [2.75, 3.05) is 48.9 Å². The molecule has 2 amide bonds. The van der Waals surface area contributed by atoms with E-state index in [1.54, 1.807) is 12.1 Å². The maximum atomic E-state index is 14.8. The predicted octanol–water partition coefficient (Wildman–Crippen LogP) is 2.09. The summed E-state index contributed by atoms with van der Waals surface area (Å²) in [7, 11) is -3.66. The molecule has 0 bridgehead atoms. The Morgan fingerprint density at radius 2 is 2.09 bits per heavy atom. The number of carbonyl (C=O) groups is 2. The van der Waals surface area contributed by atoms with Crippen molar-refractivity contribution in [3.05, 3.63) is 24.0 Å². The van der Waals surface area contributed by atoms with Crippen LogP contribution in [0.2, 0.25) is 0 Å². The average Bonchev–Trinajstić information content (AvgIpc) is 3.30. The first-order valence-electron chi connectivity index (χ1n) is 10.3. The molecular weight excluding hydrogens is 445 g/mol. The molecule has 0 saturated carbocycles. The molecule has 178 valence electrons. The number of anilines is 2. The lowest BCUT2D eigenvalue weighted by atomic mass is 10.2. The summed E-state index contributed by atoms with van der Waals surface area (Å²) >= 11 is 0. The molecule has 2 heterocycles. The predicted molar refractivity (Wildman–Crippen MR) is 115 cm³/mol. The van der Waals surface area contributed by atoms with Gasteiger partial charge in [0.15, 0.2) is 0 Å². The van der Waals surface area contributed by atoms with Crippen molar-refractivity contribution >= 4 is 33.7 Å². The minimum absolute atomic E-state index is 0.0430. The minimum Gasteiger partial charge on any atom is -0.449 e. The van der Waals surface area contributed by atoms with Crippen molar-refractivity contribution in [2.45, 2.75) is 32.4 Å². The van der Waals surface area contributed by atoms with Gasteiger partial charge in [0.2, 0.25) is 0 Å². The molecule has 2 atom stereocenters. The first-order chi connectivity index (χ1) is 15.0. The molecule has 0 aromatic heterocycles. The monoisotopic (exact) mass is 473 g/mol. The minimum atomic E-state index is -3.66. The number of cyclic esters (lactones) is 1. The fourth-order valence-corrected chi connectivity index (χ4v) is 3.89. The number of alkyl carbamates (subject to hydrolysis) is 1. The number of benzene rings is 1. The summed E-state index contributed by atoms with van der Waals surface area (Å²) in [5, 5.41) is 2.79. The Morgan fingerprint density at radius 3 is 2.75 bits per heavy atom. The molecule has 0 aliphatic carbocycles. The molecule has 1 aromatic rings. The van der Waals surface area contributed by atoms with Gasteiger partial charge in [-0.15, -0.1) is 0 Å². The Bertz CT molecular complexity index is 957. The third-order valence-electron chi connectivity index (χ3n) is 4.98. The fraction of sp³-hybridized carbons (Fsp3) is 0.600. The van der Waals surface area contributed by atoms with Gasteiger partial charge >= 0.3 is 12.2 Å². The first-order valence-corrected chi connectivity index (χ1v) is 12.1. The lowest BCUT2D eigenvalue weighted by molar-refractivity contribution is 0.107. The second-order valence-electron chi connectivity index (χ2n) is 8.31. The topological polar surface area (TPSA) is 114 Å². The van der Waals surface area contributed by atoms with Crippen LogP contribution < -0.4 is 15.1 Å². The summed E-state index contributed by atoms with van der Waals surface area (Å²) in [4.78, 5) is 27.0. The van der Waals surface area contributed by atoms with Gasteiger partial charge in [-0.1, -0.05) is 13.8 Å². The van der Waals surface area contributed by atoms with Crippen LogP contribution in [0.4, 0.5) is 25.4 Å². The van der Waals surface area contributed by atoms with Gasteiger partial charge in [0, 0.05) is 13.1 Å². The van der Waals surface area contributed by atoms with E-state index in [1.165, 1.54) is 11.0 Å². The number of hydrogen-bond acceptors (Lipinski definition) is 8. The molecule has 0 radical (unpaired) electrons. The number of hydrogen-bond donors (Lipinski definition) is 1. The Kier molecular flexibility index (Phi) is 7.44. The lowest BCUT2D eigenvalue weighted by Crippen LogP contribution is -2.38. The molecule has 0 spiro atoms. The zero-order valence-electron chi connectivity index (χ0n) is 18.2. The van der Waals surface area contributed by atoms with Gasteiger partial charge < -0.3 is 19.7 Å². The van der Waals surface area contributed by atoms with Crippen LogP contribution in [0.25, 0.3) is 0 Å². The first kappa shape index (κ1) is 24.1. The SMILES string of the molecule is CC(C)COC(=O)N[C@@H]1CCN(c2ccc(N3C[C@H](COS(C)(=O)=O)OC3=O)cc2F)C1. The highest BCUT2D eigenvalue weighted by Crippen LogP contribution is 2.30. The number of nitrogens with one attached hydrogen (secondary N) is 1. The number of nitrogens with zero attached hydrogens (tertiary/aromatic N) is 2. The summed E-state index contributed by atoms with van der Waals surface area (Å²) in [5.41, 5.74) is 0.655. The largest absolute Gasteiger partial charge is 0.449 e. The van der Waals surface area contributed by atoms with E-state index in [9.17, 15) is 22.4 Å². The molecule has 2 aliphatic rings. The highest BCUT2D eigenvalue weighted by molar-refractivity contribution is 7.85. The van der Waals surface area contributed by atoms with E-state index in [1.807, 2.05) is 18.7 Å². The van der Waals surface area contributed by atoms with Crippen LogP contribution in [0, 0.1) is 11.7 Å². The zero-order chi connectivity index (χ0) is 23.5. The van der Waals surface area contributed by atoms with Crippen molar-refractivity contribution in [3.8, 4) is 0 Å². The van der Waals surface area contributed by atoms with Crippen LogP contribution >= 0.6 is 0 Å². The Hall–Kier alpha value is -2.60. The molecule has 3 rings (SSSR count). The number of rotatable bonds is 8. The quantitative estimate of drug-likeness (QED) is 0.571. The van der Waals surface area contributed by atoms with Crippen molar-refractivity contribution in [1.82, 2.24) is 5.32 Å². The van der Waals surface area contributed by atoms with Gasteiger partial charge in [-0.05, 0) is 30.5 Å². The van der Waals surface area contributed by atoms with Crippen LogP contribution in [0.15, 0.2) is 18.2 Å². The molecule has 32 heavy (non-hydrogen) atoms. The Morgan fingerprint density at radius 1 is 1.34 bits per heavy atom. The van der Waals surface area contributed by atoms with Gasteiger partial charge in [-0.3, -0.25) is 9.08 Å². The van der Waals surface area contributed by atoms with E-state index in [0.29, 0.717) is 37.5 Å². The standard InChI is InChI=1S/C20H28FN3O7S/c1-13(2)11-29-19(25)22-14-6-7-23(9-14)18-5-4-15(8-17(18)21)24-10-16(31-20(24)26)12-30-32(3,27)28/h4-5,8,13-14,16H,6-7,9-12H2,1-3H3,(H,22,25)/t14-,16-/m1/s1. The second kappa shape index (κ2) is 9.90. The number of carbonyl (C=O) groups excluding carboxylic acids is 2. The summed E-state index contributed by atoms with van der Waals surface area (Å²) in [6.45, 7) is 4.96. The highest BCUT2D eigenvalue weighted by Gasteiger charge is 2.34. The zero-order valence-corrected chi connectivity index (χ0v) is 19.1. The highest BCUT2D eigenvalue weighted by atomic mass is 32.2. The van der Waals surface area contributed by atoms with Crippen LogP contribution in [0.3, 0.4) is 0 Å². The van der Waals surface area contributed by atoms with Crippen LogP contribution in [-0.2, 0) is 23.8 Å². The van der Waals surface area contributed by atoms with E-state index >= 15 is 0 Å². The van der Waals surface area contributed by atoms with Crippen LogP contribution in [0.5, 0.6) is 0 Å². The smallest absolute Gasteiger partial charge is 0.414 e. The van der Waals surface area contributed by atoms with Crippen molar-refractivity contribution in [1.29, 1.82) is 0 Å². The van der Waals surface area contributed by atoms with E-state index in [4.69, 9.17) is 9.47 Å². The summed E-state index contributed by atoms with van der Waals surface area (Å²) in [6.07, 6.45) is -0.407. The average molecular weight is 474 g/mol. The molecule has 2 aliphatic heterocycles. The maximum absolute atomic E-state index is 14.8. The maximum Gasteiger partial charge on any atom is 0.414 e. The van der Waals surface area contributed by atoms with Gasteiger partial charge in [0.05, 0.1) is 36.8 Å². The van der Waals surface area contributed by atoms with E-state index in [2.05, 4.69) is 9.50 Å². The number of amides is 2.